The Hall–Kier alpha value is -1.81. The Kier molecular flexibility index (Phi) is 7.28. The number of carbonyl (C=O) groups excluding carboxylic acids is 3. The van der Waals surface area contributed by atoms with Crippen LogP contribution in [0.2, 0.25) is 5.02 Å². The van der Waals surface area contributed by atoms with E-state index < -0.39 is 17.1 Å². The number of amides is 3. The van der Waals surface area contributed by atoms with Crippen LogP contribution in [-0.4, -0.2) is 42.6 Å². The predicted molar refractivity (Wildman–Crippen MR) is 129 cm³/mol. The third-order valence-electron chi connectivity index (χ3n) is 4.13. The molecule has 0 aliphatic carbocycles. The van der Waals surface area contributed by atoms with Crippen molar-refractivity contribution < 1.29 is 14.4 Å². The number of rotatable bonds is 5. The molecule has 1 N–H and O–H groups in total. The summed E-state index contributed by atoms with van der Waals surface area (Å²) in [5.74, 6) is -0.989. The van der Waals surface area contributed by atoms with Gasteiger partial charge in [-0.1, -0.05) is 17.7 Å². The van der Waals surface area contributed by atoms with Gasteiger partial charge in [-0.05, 0) is 85.6 Å². The number of nitrogens with zero attached hydrogens (tertiary/aromatic N) is 2. The molecule has 2 aromatic carbocycles. The Morgan fingerprint density at radius 1 is 1.17 bits per heavy atom. The van der Waals surface area contributed by atoms with E-state index in [-0.39, 0.29) is 11.4 Å². The molecule has 0 atom stereocenters. The first-order valence-electron chi connectivity index (χ1n) is 8.63. The molecule has 156 valence electrons. The van der Waals surface area contributed by atoms with Crippen molar-refractivity contribution in [3.63, 3.8) is 0 Å². The highest BCUT2D eigenvalue weighted by Crippen LogP contribution is 2.34. The molecule has 0 spiro atoms. The van der Waals surface area contributed by atoms with Crippen LogP contribution in [-0.2, 0) is 9.59 Å². The van der Waals surface area contributed by atoms with Crippen LogP contribution < -0.4 is 10.2 Å². The summed E-state index contributed by atoms with van der Waals surface area (Å²) in [6, 6.07) is 10.6. The SMILES string of the molecule is CN(C)c1ccc(/C=C2\SC(=O)N(CC(=O)Nc3ccc(Br)c(Cl)c3)C2=O)cc1Br. The minimum atomic E-state index is -0.498. The van der Waals surface area contributed by atoms with Crippen LogP contribution in [0.15, 0.2) is 50.2 Å². The summed E-state index contributed by atoms with van der Waals surface area (Å²) in [7, 11) is 3.86. The van der Waals surface area contributed by atoms with Crippen molar-refractivity contribution in [3.8, 4) is 0 Å². The third-order valence-corrected chi connectivity index (χ3v) is 6.91. The van der Waals surface area contributed by atoms with E-state index in [4.69, 9.17) is 11.6 Å². The van der Waals surface area contributed by atoms with Crippen LogP contribution in [0.5, 0.6) is 0 Å². The second-order valence-electron chi connectivity index (χ2n) is 6.55. The fourth-order valence-electron chi connectivity index (χ4n) is 2.68. The molecule has 0 aromatic heterocycles. The lowest BCUT2D eigenvalue weighted by molar-refractivity contribution is -0.127. The van der Waals surface area contributed by atoms with Gasteiger partial charge >= 0.3 is 0 Å². The van der Waals surface area contributed by atoms with Gasteiger partial charge < -0.3 is 10.2 Å². The number of halogens is 3. The quantitative estimate of drug-likeness (QED) is 0.472. The summed E-state index contributed by atoms with van der Waals surface area (Å²) in [6.45, 7) is -0.376. The summed E-state index contributed by atoms with van der Waals surface area (Å²) in [5.41, 5.74) is 2.23. The zero-order valence-corrected chi connectivity index (χ0v) is 20.7. The highest BCUT2D eigenvalue weighted by atomic mass is 79.9. The van der Waals surface area contributed by atoms with Gasteiger partial charge in [-0.15, -0.1) is 0 Å². The van der Waals surface area contributed by atoms with Gasteiger partial charge in [-0.25, -0.2) is 0 Å². The number of hydrogen-bond donors (Lipinski definition) is 1. The Bertz CT molecular complexity index is 1080. The smallest absolute Gasteiger partial charge is 0.294 e. The van der Waals surface area contributed by atoms with E-state index in [0.29, 0.717) is 15.2 Å². The molecule has 1 heterocycles. The van der Waals surface area contributed by atoms with Gasteiger partial charge in [0.1, 0.15) is 6.54 Å². The number of benzene rings is 2. The Labute approximate surface area is 199 Å². The molecule has 0 saturated carbocycles. The van der Waals surface area contributed by atoms with Gasteiger partial charge in [0.15, 0.2) is 0 Å². The lowest BCUT2D eigenvalue weighted by Crippen LogP contribution is -2.36. The van der Waals surface area contributed by atoms with Gasteiger partial charge in [0.2, 0.25) is 5.91 Å². The molecule has 3 amide bonds. The highest BCUT2D eigenvalue weighted by molar-refractivity contribution is 9.11. The molecule has 0 radical (unpaired) electrons. The van der Waals surface area contributed by atoms with Crippen LogP contribution in [0.25, 0.3) is 6.08 Å². The summed E-state index contributed by atoms with van der Waals surface area (Å²) in [6.07, 6.45) is 1.64. The predicted octanol–water partition coefficient (Wildman–Crippen LogP) is 5.61. The van der Waals surface area contributed by atoms with E-state index >= 15 is 0 Å². The number of carbonyl (C=O) groups is 3. The van der Waals surface area contributed by atoms with E-state index in [9.17, 15) is 14.4 Å². The average Bonchev–Trinajstić information content (AvgIpc) is 2.92. The molecule has 1 fully saturated rings. The largest absolute Gasteiger partial charge is 0.377 e. The topological polar surface area (TPSA) is 69.7 Å². The van der Waals surface area contributed by atoms with Crippen LogP contribution in [0.4, 0.5) is 16.2 Å². The van der Waals surface area contributed by atoms with Crippen LogP contribution in [0.1, 0.15) is 5.56 Å². The molecular weight excluding hydrogens is 558 g/mol. The second kappa shape index (κ2) is 9.55. The number of thioether (sulfide) groups is 1. The third kappa shape index (κ3) is 5.26. The maximum atomic E-state index is 12.7. The van der Waals surface area contributed by atoms with E-state index in [0.717, 1.165) is 32.4 Å². The highest BCUT2D eigenvalue weighted by Gasteiger charge is 2.36. The molecule has 1 saturated heterocycles. The van der Waals surface area contributed by atoms with E-state index in [1.807, 2.05) is 37.2 Å². The van der Waals surface area contributed by atoms with Crippen molar-refractivity contribution in [2.45, 2.75) is 0 Å². The lowest BCUT2D eigenvalue weighted by Gasteiger charge is -2.14. The Morgan fingerprint density at radius 3 is 2.53 bits per heavy atom. The first kappa shape index (κ1) is 22.9. The monoisotopic (exact) mass is 571 g/mol. The van der Waals surface area contributed by atoms with Crippen molar-refractivity contribution in [1.29, 1.82) is 0 Å². The molecule has 1 aliphatic rings. The van der Waals surface area contributed by atoms with Crippen LogP contribution in [0.3, 0.4) is 0 Å². The lowest BCUT2D eigenvalue weighted by atomic mass is 10.2. The summed E-state index contributed by atoms with van der Waals surface area (Å²) in [5, 5.41) is 2.59. The molecule has 10 heteroatoms. The molecule has 3 rings (SSSR count). The van der Waals surface area contributed by atoms with Crippen molar-refractivity contribution >= 4 is 89.7 Å². The zero-order valence-electron chi connectivity index (χ0n) is 15.9. The van der Waals surface area contributed by atoms with Gasteiger partial charge in [-0.3, -0.25) is 19.3 Å². The number of anilines is 2. The van der Waals surface area contributed by atoms with E-state index in [1.54, 1.807) is 24.3 Å². The summed E-state index contributed by atoms with van der Waals surface area (Å²) >= 11 is 13.6. The standard InChI is InChI=1S/C20H16Br2ClN3O3S/c1-25(2)16-6-3-11(7-14(16)22)8-17-19(28)26(20(29)30-17)10-18(27)24-12-4-5-13(21)15(23)9-12/h3-9H,10H2,1-2H3,(H,24,27)/b17-8-. The average molecular weight is 574 g/mol. The molecule has 30 heavy (non-hydrogen) atoms. The number of nitrogens with one attached hydrogen (secondary N) is 1. The number of hydrogen-bond acceptors (Lipinski definition) is 5. The van der Waals surface area contributed by atoms with E-state index in [2.05, 4.69) is 37.2 Å². The van der Waals surface area contributed by atoms with Crippen molar-refractivity contribution in [3.05, 3.63) is 60.8 Å². The Balaban J connectivity index is 1.71. The molecular formula is C20H16Br2ClN3O3S. The molecule has 0 bridgehead atoms. The van der Waals surface area contributed by atoms with E-state index in [1.165, 1.54) is 0 Å². The Morgan fingerprint density at radius 2 is 1.90 bits per heavy atom. The normalized spacial score (nSPS) is 15.1. The first-order valence-corrected chi connectivity index (χ1v) is 11.4. The molecule has 6 nitrogen and oxygen atoms in total. The fourth-order valence-corrected chi connectivity index (χ4v) is 4.70. The zero-order chi connectivity index (χ0) is 22.0. The van der Waals surface area contributed by atoms with Gasteiger partial charge in [0, 0.05) is 28.7 Å². The summed E-state index contributed by atoms with van der Waals surface area (Å²) < 4.78 is 1.57. The second-order valence-corrected chi connectivity index (χ2v) is 9.66. The fraction of sp³-hybridized carbons (Fsp3) is 0.150. The van der Waals surface area contributed by atoms with Gasteiger partial charge in [0.05, 0.1) is 15.6 Å². The molecule has 2 aromatic rings. The van der Waals surface area contributed by atoms with Gasteiger partial charge in [-0.2, -0.15) is 0 Å². The maximum absolute atomic E-state index is 12.7. The maximum Gasteiger partial charge on any atom is 0.294 e. The van der Waals surface area contributed by atoms with Crippen molar-refractivity contribution in [1.82, 2.24) is 4.90 Å². The van der Waals surface area contributed by atoms with Crippen molar-refractivity contribution in [2.75, 3.05) is 30.9 Å². The van der Waals surface area contributed by atoms with Crippen molar-refractivity contribution in [2.24, 2.45) is 0 Å². The number of imide groups is 1. The van der Waals surface area contributed by atoms with Gasteiger partial charge in [0.25, 0.3) is 11.1 Å². The first-order chi connectivity index (χ1) is 14.2. The van der Waals surface area contributed by atoms with Crippen LogP contribution >= 0.6 is 55.2 Å². The summed E-state index contributed by atoms with van der Waals surface area (Å²) in [4.78, 5) is 40.4. The minimum absolute atomic E-state index is 0.268. The molecule has 0 unspecified atom stereocenters. The molecule has 1 aliphatic heterocycles. The van der Waals surface area contributed by atoms with Crippen LogP contribution in [0, 0.1) is 0 Å². The minimum Gasteiger partial charge on any atom is -0.377 e.